The lowest BCUT2D eigenvalue weighted by molar-refractivity contribution is -0.141. The number of hydrogen-bond acceptors (Lipinski definition) is 5. The summed E-state index contributed by atoms with van der Waals surface area (Å²) in [4.78, 5) is 11.0. The van der Waals surface area contributed by atoms with E-state index in [2.05, 4.69) is 4.74 Å². The Morgan fingerprint density at radius 3 is 2.67 bits per heavy atom. The molecule has 100 valence electrons. The van der Waals surface area contributed by atoms with Crippen molar-refractivity contribution in [3.05, 3.63) is 29.8 Å². The van der Waals surface area contributed by atoms with Gasteiger partial charge in [0.05, 0.1) is 13.7 Å². The lowest BCUT2D eigenvalue weighted by atomic mass is 10.2. The third-order valence-electron chi connectivity index (χ3n) is 2.32. The first-order valence-electron chi connectivity index (χ1n) is 5.74. The van der Waals surface area contributed by atoms with Crippen LogP contribution in [0.3, 0.4) is 0 Å². The Morgan fingerprint density at radius 2 is 2.06 bits per heavy atom. The van der Waals surface area contributed by atoms with Crippen molar-refractivity contribution >= 4 is 17.7 Å². The fourth-order valence-corrected chi connectivity index (χ4v) is 2.04. The summed E-state index contributed by atoms with van der Waals surface area (Å²) < 4.78 is 10.1. The van der Waals surface area contributed by atoms with Gasteiger partial charge in [-0.2, -0.15) is 11.8 Å². The molecule has 0 aromatic heterocycles. The monoisotopic (exact) mass is 269 g/mol. The van der Waals surface area contributed by atoms with Crippen LogP contribution in [-0.4, -0.2) is 37.2 Å². The summed E-state index contributed by atoms with van der Waals surface area (Å²) >= 11 is 1.58. The highest BCUT2D eigenvalue weighted by Crippen LogP contribution is 2.12. The Bertz CT molecular complexity index is 367. The van der Waals surface area contributed by atoms with Crippen molar-refractivity contribution in [1.29, 1.82) is 0 Å². The normalized spacial score (nSPS) is 11.9. The summed E-state index contributed by atoms with van der Waals surface area (Å²) in [6.07, 6.45) is 0. The highest BCUT2D eigenvalue weighted by molar-refractivity contribution is 7.99. The van der Waals surface area contributed by atoms with Gasteiger partial charge in [-0.3, -0.25) is 4.79 Å². The van der Waals surface area contributed by atoms with E-state index in [0.29, 0.717) is 12.4 Å². The van der Waals surface area contributed by atoms with Gasteiger partial charge in [-0.1, -0.05) is 17.7 Å². The fraction of sp³-hybridized carbons (Fsp3) is 0.462. The third kappa shape index (κ3) is 5.42. The number of benzene rings is 1. The topological polar surface area (TPSA) is 61.5 Å². The van der Waals surface area contributed by atoms with Crippen LogP contribution in [0.5, 0.6) is 5.75 Å². The summed E-state index contributed by atoms with van der Waals surface area (Å²) in [5.74, 6) is 1.82. The van der Waals surface area contributed by atoms with Crippen molar-refractivity contribution in [3.63, 3.8) is 0 Å². The molecule has 0 saturated heterocycles. The largest absolute Gasteiger partial charge is 0.493 e. The van der Waals surface area contributed by atoms with Crippen LogP contribution in [0.25, 0.3) is 0 Å². The van der Waals surface area contributed by atoms with E-state index in [1.54, 1.807) is 11.8 Å². The van der Waals surface area contributed by atoms with Gasteiger partial charge in [0, 0.05) is 11.5 Å². The molecule has 0 heterocycles. The zero-order valence-corrected chi connectivity index (χ0v) is 11.5. The predicted octanol–water partition coefficient (Wildman–Crippen LogP) is 1.61. The molecule has 1 aromatic rings. The second kappa shape index (κ2) is 8.00. The molecule has 1 atom stereocenters. The van der Waals surface area contributed by atoms with E-state index in [1.807, 2.05) is 31.2 Å². The first-order chi connectivity index (χ1) is 8.63. The van der Waals surface area contributed by atoms with E-state index in [9.17, 15) is 4.79 Å². The summed E-state index contributed by atoms with van der Waals surface area (Å²) in [6, 6.07) is 7.35. The highest BCUT2D eigenvalue weighted by atomic mass is 32.2. The molecule has 0 saturated carbocycles. The number of ether oxygens (including phenoxy) is 2. The Kier molecular flexibility index (Phi) is 6.60. The van der Waals surface area contributed by atoms with Gasteiger partial charge in [-0.25, -0.2) is 0 Å². The summed E-state index contributed by atoms with van der Waals surface area (Å²) in [5, 5.41) is 0. The van der Waals surface area contributed by atoms with Crippen molar-refractivity contribution < 1.29 is 14.3 Å². The second-order valence-corrected chi connectivity index (χ2v) is 5.02. The minimum atomic E-state index is -0.556. The van der Waals surface area contributed by atoms with E-state index in [1.165, 1.54) is 12.7 Å². The minimum Gasteiger partial charge on any atom is -0.493 e. The molecule has 0 spiro atoms. The lowest BCUT2D eigenvalue weighted by Gasteiger charge is -2.09. The van der Waals surface area contributed by atoms with E-state index in [0.717, 1.165) is 11.5 Å². The molecule has 18 heavy (non-hydrogen) atoms. The first-order valence-corrected chi connectivity index (χ1v) is 6.89. The van der Waals surface area contributed by atoms with Crippen molar-refractivity contribution in [1.82, 2.24) is 0 Å². The van der Waals surface area contributed by atoms with Crippen LogP contribution >= 0.6 is 11.8 Å². The Hall–Kier alpha value is -1.20. The second-order valence-electron chi connectivity index (χ2n) is 3.87. The number of esters is 1. The maximum absolute atomic E-state index is 11.0. The van der Waals surface area contributed by atoms with Crippen LogP contribution in [0.2, 0.25) is 0 Å². The number of aryl methyl sites for hydroxylation is 1. The van der Waals surface area contributed by atoms with Gasteiger partial charge in [0.2, 0.25) is 0 Å². The number of carbonyl (C=O) groups is 1. The van der Waals surface area contributed by atoms with Gasteiger partial charge in [0.15, 0.2) is 0 Å². The van der Waals surface area contributed by atoms with Crippen molar-refractivity contribution in [2.75, 3.05) is 25.2 Å². The van der Waals surface area contributed by atoms with Gasteiger partial charge < -0.3 is 15.2 Å². The molecule has 0 radical (unpaired) electrons. The molecule has 1 rings (SSSR count). The van der Waals surface area contributed by atoms with Crippen molar-refractivity contribution in [3.8, 4) is 5.75 Å². The Morgan fingerprint density at radius 1 is 1.39 bits per heavy atom. The SMILES string of the molecule is COC(=O)C(N)CSCCOc1ccc(C)cc1. The maximum Gasteiger partial charge on any atom is 0.323 e. The molecule has 1 aromatic carbocycles. The van der Waals surface area contributed by atoms with E-state index in [-0.39, 0.29) is 5.97 Å². The number of carbonyl (C=O) groups excluding carboxylic acids is 1. The number of methoxy groups -OCH3 is 1. The summed E-state index contributed by atoms with van der Waals surface area (Å²) in [5.41, 5.74) is 6.81. The van der Waals surface area contributed by atoms with Crippen LogP contribution in [0.4, 0.5) is 0 Å². The standard InChI is InChI=1S/C13H19NO3S/c1-10-3-5-11(6-4-10)17-7-8-18-9-12(14)13(15)16-2/h3-6,12H,7-9,14H2,1-2H3. The number of nitrogens with two attached hydrogens (primary N) is 1. The number of thioether (sulfide) groups is 1. The van der Waals surface area contributed by atoms with Gasteiger partial charge in [-0.15, -0.1) is 0 Å². The molecule has 0 bridgehead atoms. The van der Waals surface area contributed by atoms with Crippen LogP contribution in [0, 0.1) is 6.92 Å². The average Bonchev–Trinajstić information content (AvgIpc) is 2.39. The van der Waals surface area contributed by atoms with E-state index < -0.39 is 6.04 Å². The van der Waals surface area contributed by atoms with Crippen LogP contribution < -0.4 is 10.5 Å². The van der Waals surface area contributed by atoms with Crippen molar-refractivity contribution in [2.45, 2.75) is 13.0 Å². The third-order valence-corrected chi connectivity index (χ3v) is 3.37. The quantitative estimate of drug-likeness (QED) is 0.602. The molecular weight excluding hydrogens is 250 g/mol. The van der Waals surface area contributed by atoms with Gasteiger partial charge >= 0.3 is 5.97 Å². The average molecular weight is 269 g/mol. The Balaban J connectivity index is 2.12. The van der Waals surface area contributed by atoms with E-state index in [4.69, 9.17) is 10.5 Å². The molecule has 0 amide bonds. The van der Waals surface area contributed by atoms with Gasteiger partial charge in [0.1, 0.15) is 11.8 Å². The van der Waals surface area contributed by atoms with Gasteiger partial charge in [-0.05, 0) is 19.1 Å². The molecule has 0 aliphatic carbocycles. The minimum absolute atomic E-state index is 0.373. The molecule has 1 unspecified atom stereocenters. The molecular formula is C13H19NO3S. The highest BCUT2D eigenvalue weighted by Gasteiger charge is 2.12. The molecule has 4 nitrogen and oxygen atoms in total. The van der Waals surface area contributed by atoms with Gasteiger partial charge in [0.25, 0.3) is 0 Å². The molecule has 2 N–H and O–H groups in total. The van der Waals surface area contributed by atoms with E-state index >= 15 is 0 Å². The Labute approximate surface area is 112 Å². The molecule has 0 aliphatic heterocycles. The number of rotatable bonds is 7. The molecule has 0 fully saturated rings. The maximum atomic E-state index is 11.0. The zero-order chi connectivity index (χ0) is 13.4. The molecule has 0 aliphatic rings. The van der Waals surface area contributed by atoms with Crippen LogP contribution in [0.1, 0.15) is 5.56 Å². The lowest BCUT2D eigenvalue weighted by Crippen LogP contribution is -2.34. The predicted molar refractivity (Wildman–Crippen MR) is 74.0 cm³/mol. The summed E-state index contributed by atoms with van der Waals surface area (Å²) in [6.45, 7) is 2.63. The first kappa shape index (κ1) is 14.9. The number of hydrogen-bond donors (Lipinski definition) is 1. The van der Waals surface area contributed by atoms with Crippen LogP contribution in [-0.2, 0) is 9.53 Å². The smallest absolute Gasteiger partial charge is 0.323 e. The fourth-order valence-electron chi connectivity index (χ4n) is 1.28. The zero-order valence-electron chi connectivity index (χ0n) is 10.7. The summed E-state index contributed by atoms with van der Waals surface area (Å²) in [7, 11) is 1.34. The van der Waals surface area contributed by atoms with Crippen molar-refractivity contribution in [2.24, 2.45) is 5.73 Å². The van der Waals surface area contributed by atoms with Crippen LogP contribution in [0.15, 0.2) is 24.3 Å². The molecule has 5 heteroatoms.